The van der Waals surface area contributed by atoms with E-state index < -0.39 is 0 Å². The number of hydrogen-bond acceptors (Lipinski definition) is 3. The van der Waals surface area contributed by atoms with E-state index in [2.05, 4.69) is 32.6 Å². The maximum atomic E-state index is 11.4. The molecular weight excluding hydrogens is 379 g/mol. The molecule has 1 amide bonds. The van der Waals surface area contributed by atoms with Gasteiger partial charge in [-0.2, -0.15) is 0 Å². The Morgan fingerprint density at radius 2 is 1.71 bits per heavy atom. The molecule has 21 heavy (non-hydrogen) atoms. The molecule has 0 aromatic carbocycles. The van der Waals surface area contributed by atoms with Crippen LogP contribution in [0.3, 0.4) is 0 Å². The highest BCUT2D eigenvalue weighted by molar-refractivity contribution is 14.1. The summed E-state index contributed by atoms with van der Waals surface area (Å²) in [5.41, 5.74) is 0.224. The molecule has 0 saturated carbocycles. The van der Waals surface area contributed by atoms with Crippen molar-refractivity contribution in [2.24, 2.45) is 5.41 Å². The SMILES string of the molecule is CCC(C)(CN1CCN(C(=O)I)CC1)CC(C)(CC)OC. The Bertz CT molecular complexity index is 339. The number of halogens is 1. The normalized spacial score (nSPS) is 22.7. The van der Waals surface area contributed by atoms with Gasteiger partial charge in [-0.1, -0.05) is 20.8 Å². The fourth-order valence-corrected chi connectivity index (χ4v) is 3.64. The van der Waals surface area contributed by atoms with Crippen LogP contribution in [0.25, 0.3) is 0 Å². The van der Waals surface area contributed by atoms with Crippen LogP contribution in [-0.4, -0.2) is 59.1 Å². The van der Waals surface area contributed by atoms with Crippen molar-refractivity contribution in [3.05, 3.63) is 0 Å². The van der Waals surface area contributed by atoms with E-state index >= 15 is 0 Å². The first-order chi connectivity index (χ1) is 9.77. The van der Waals surface area contributed by atoms with Gasteiger partial charge in [0.2, 0.25) is 0 Å². The minimum absolute atomic E-state index is 0.0369. The number of amides is 1. The molecule has 1 aliphatic heterocycles. The number of nitrogens with zero attached hydrogens (tertiary/aromatic N) is 2. The van der Waals surface area contributed by atoms with Gasteiger partial charge in [0.1, 0.15) is 0 Å². The third kappa shape index (κ3) is 5.67. The molecule has 0 aromatic heterocycles. The van der Waals surface area contributed by atoms with Crippen LogP contribution in [0.15, 0.2) is 0 Å². The lowest BCUT2D eigenvalue weighted by Crippen LogP contribution is -2.51. The molecule has 2 unspecified atom stereocenters. The summed E-state index contributed by atoms with van der Waals surface area (Å²) in [6.07, 6.45) is 3.27. The minimum atomic E-state index is -0.0369. The fraction of sp³-hybridized carbons (Fsp3) is 0.938. The molecule has 0 radical (unpaired) electrons. The molecule has 4 nitrogen and oxygen atoms in total. The van der Waals surface area contributed by atoms with Crippen LogP contribution >= 0.6 is 22.6 Å². The number of piperazine rings is 1. The molecule has 1 heterocycles. The Kier molecular flexibility index (Phi) is 7.40. The van der Waals surface area contributed by atoms with Gasteiger partial charge in [0.25, 0.3) is 3.91 Å². The summed E-state index contributed by atoms with van der Waals surface area (Å²) in [5, 5.41) is 0. The molecule has 1 saturated heterocycles. The summed E-state index contributed by atoms with van der Waals surface area (Å²) in [5.74, 6) is 0. The van der Waals surface area contributed by atoms with Crippen LogP contribution in [0.4, 0.5) is 4.79 Å². The van der Waals surface area contributed by atoms with E-state index in [1.165, 1.54) is 0 Å². The van der Waals surface area contributed by atoms with E-state index in [4.69, 9.17) is 4.74 Å². The predicted octanol–water partition coefficient (Wildman–Crippen LogP) is 3.78. The van der Waals surface area contributed by atoms with Crippen LogP contribution in [0.1, 0.15) is 47.0 Å². The highest BCUT2D eigenvalue weighted by Gasteiger charge is 2.35. The quantitative estimate of drug-likeness (QED) is 0.364. The molecule has 2 atom stereocenters. The number of carbonyl (C=O) groups excluding carboxylic acids is 1. The number of ether oxygens (including phenoxy) is 1. The average molecular weight is 410 g/mol. The smallest absolute Gasteiger partial charge is 0.283 e. The summed E-state index contributed by atoms with van der Waals surface area (Å²) in [6, 6.07) is 0. The molecule has 1 fully saturated rings. The van der Waals surface area contributed by atoms with Gasteiger partial charge >= 0.3 is 0 Å². The van der Waals surface area contributed by atoms with Crippen molar-refractivity contribution >= 4 is 26.5 Å². The largest absolute Gasteiger partial charge is 0.379 e. The van der Waals surface area contributed by atoms with E-state index in [0.29, 0.717) is 0 Å². The highest BCUT2D eigenvalue weighted by Crippen LogP contribution is 2.36. The standard InChI is InChI=1S/C16H31IN2O2/c1-6-15(3,12-16(4,7-2)21-5)13-18-8-10-19(11-9-18)14(17)20/h6-13H2,1-5H3. The predicted molar refractivity (Wildman–Crippen MR) is 96.1 cm³/mol. The van der Waals surface area contributed by atoms with Crippen LogP contribution in [0.2, 0.25) is 0 Å². The summed E-state index contributed by atoms with van der Waals surface area (Å²) in [7, 11) is 1.82. The average Bonchev–Trinajstić information content (AvgIpc) is 2.47. The van der Waals surface area contributed by atoms with E-state index in [0.717, 1.165) is 52.0 Å². The second kappa shape index (κ2) is 8.11. The minimum Gasteiger partial charge on any atom is -0.379 e. The number of hydrogen-bond donors (Lipinski definition) is 0. The lowest BCUT2D eigenvalue weighted by atomic mass is 9.75. The summed E-state index contributed by atoms with van der Waals surface area (Å²) < 4.78 is 5.92. The Hall–Kier alpha value is 0.120. The van der Waals surface area contributed by atoms with Gasteiger partial charge in [0.05, 0.1) is 5.60 Å². The maximum absolute atomic E-state index is 11.4. The van der Waals surface area contributed by atoms with Crippen molar-refractivity contribution in [2.75, 3.05) is 39.8 Å². The zero-order valence-corrected chi connectivity index (χ0v) is 16.4. The van der Waals surface area contributed by atoms with E-state index in [-0.39, 0.29) is 14.9 Å². The molecule has 1 rings (SSSR count). The van der Waals surface area contributed by atoms with Crippen molar-refractivity contribution in [1.82, 2.24) is 9.80 Å². The summed E-state index contributed by atoms with van der Waals surface area (Å²) in [6.45, 7) is 13.8. The Morgan fingerprint density at radius 3 is 2.10 bits per heavy atom. The van der Waals surface area contributed by atoms with Gasteiger partial charge in [-0.25, -0.2) is 0 Å². The zero-order valence-electron chi connectivity index (χ0n) is 14.2. The van der Waals surface area contributed by atoms with E-state index in [9.17, 15) is 4.79 Å². The van der Waals surface area contributed by atoms with Gasteiger partial charge in [-0.15, -0.1) is 0 Å². The van der Waals surface area contributed by atoms with Gasteiger partial charge in [-0.05, 0) is 31.6 Å². The molecule has 124 valence electrons. The molecular formula is C16H31IN2O2. The number of carbonyl (C=O) groups is 1. The highest BCUT2D eigenvalue weighted by atomic mass is 127. The summed E-state index contributed by atoms with van der Waals surface area (Å²) >= 11 is 1.88. The number of methoxy groups -OCH3 is 1. The summed E-state index contributed by atoms with van der Waals surface area (Å²) in [4.78, 5) is 15.8. The Balaban J connectivity index is 2.59. The van der Waals surface area contributed by atoms with Gasteiger partial charge in [-0.3, -0.25) is 9.69 Å². The molecule has 0 aromatic rings. The topological polar surface area (TPSA) is 32.8 Å². The van der Waals surface area contributed by atoms with Gasteiger partial charge in [0, 0.05) is 62.4 Å². The first-order valence-electron chi connectivity index (χ1n) is 7.99. The van der Waals surface area contributed by atoms with Gasteiger partial charge in [0.15, 0.2) is 0 Å². The molecule has 1 aliphatic rings. The van der Waals surface area contributed by atoms with Crippen LogP contribution < -0.4 is 0 Å². The first-order valence-corrected chi connectivity index (χ1v) is 9.07. The Morgan fingerprint density at radius 1 is 1.14 bits per heavy atom. The molecule has 0 aliphatic carbocycles. The second-order valence-electron chi connectivity index (χ2n) is 6.86. The molecule has 0 bridgehead atoms. The van der Waals surface area contributed by atoms with Crippen molar-refractivity contribution in [2.45, 2.75) is 52.6 Å². The van der Waals surface area contributed by atoms with Gasteiger partial charge < -0.3 is 9.64 Å². The monoisotopic (exact) mass is 410 g/mol. The lowest BCUT2D eigenvalue weighted by Gasteiger charge is -2.43. The molecule has 0 spiro atoms. The lowest BCUT2D eigenvalue weighted by molar-refractivity contribution is -0.0438. The molecule has 5 heteroatoms. The maximum Gasteiger partial charge on any atom is 0.283 e. The second-order valence-corrected chi connectivity index (χ2v) is 7.79. The van der Waals surface area contributed by atoms with Crippen LogP contribution in [0, 0.1) is 5.41 Å². The third-order valence-electron chi connectivity index (χ3n) is 5.12. The van der Waals surface area contributed by atoms with Crippen molar-refractivity contribution in [3.63, 3.8) is 0 Å². The third-order valence-corrected chi connectivity index (χ3v) is 5.80. The van der Waals surface area contributed by atoms with Crippen molar-refractivity contribution in [3.8, 4) is 0 Å². The first kappa shape index (κ1) is 19.2. The van der Waals surface area contributed by atoms with Crippen molar-refractivity contribution in [1.29, 1.82) is 0 Å². The van der Waals surface area contributed by atoms with Crippen LogP contribution in [-0.2, 0) is 4.74 Å². The van der Waals surface area contributed by atoms with Crippen molar-refractivity contribution < 1.29 is 9.53 Å². The van der Waals surface area contributed by atoms with Crippen LogP contribution in [0.5, 0.6) is 0 Å². The Labute approximate surface area is 143 Å². The van der Waals surface area contributed by atoms with E-state index in [1.807, 2.05) is 34.6 Å². The van der Waals surface area contributed by atoms with E-state index in [1.54, 1.807) is 0 Å². The molecule has 0 N–H and O–H groups in total. The fourth-order valence-electron chi connectivity index (χ4n) is 3.16. The number of rotatable bonds is 7. The zero-order chi connectivity index (χ0) is 16.1.